The second-order valence-electron chi connectivity index (χ2n) is 9.07. The summed E-state index contributed by atoms with van der Waals surface area (Å²) in [5, 5.41) is 11.3. The van der Waals surface area contributed by atoms with E-state index in [9.17, 15) is 18.7 Å². The van der Waals surface area contributed by atoms with Crippen LogP contribution in [-0.4, -0.2) is 22.1 Å². The first kappa shape index (κ1) is 21.7. The Labute approximate surface area is 181 Å². The van der Waals surface area contributed by atoms with E-state index in [0.29, 0.717) is 36.0 Å². The first-order valence-corrected chi connectivity index (χ1v) is 11.0. The lowest BCUT2D eigenvalue weighted by Gasteiger charge is -2.46. The highest BCUT2D eigenvalue weighted by Crippen LogP contribution is 2.48. The molecule has 4 rings (SSSR count). The lowest BCUT2D eigenvalue weighted by molar-refractivity contribution is -0.172. The number of ether oxygens (including phenoxy) is 1. The molecule has 2 aliphatic rings. The summed E-state index contributed by atoms with van der Waals surface area (Å²) < 4.78 is 33.3. The molecule has 0 atom stereocenters. The first-order valence-electron chi connectivity index (χ1n) is 11.0. The summed E-state index contributed by atoms with van der Waals surface area (Å²) in [7, 11) is 0. The predicted molar refractivity (Wildman–Crippen MR) is 117 cm³/mol. The van der Waals surface area contributed by atoms with Crippen molar-refractivity contribution >= 4 is 11.4 Å². The molecule has 1 aliphatic heterocycles. The Hall–Kier alpha value is -2.53. The summed E-state index contributed by atoms with van der Waals surface area (Å²) in [6.45, 7) is 5.50. The number of Topliss-reactive ketones (excluding diaryl/α,β-unsaturated/α-hetero) is 1. The van der Waals surface area contributed by atoms with Crippen molar-refractivity contribution in [2.75, 3.05) is 0 Å². The van der Waals surface area contributed by atoms with Gasteiger partial charge in [0.2, 0.25) is 0 Å². The van der Waals surface area contributed by atoms with Crippen LogP contribution in [0.1, 0.15) is 64.0 Å². The number of aliphatic hydroxyl groups excluding tert-OH is 1. The van der Waals surface area contributed by atoms with Crippen LogP contribution in [0.2, 0.25) is 0 Å². The normalized spacial score (nSPS) is 20.4. The maximum atomic E-state index is 13.7. The van der Waals surface area contributed by atoms with Crippen LogP contribution in [0, 0.1) is 11.6 Å². The molecule has 2 aromatic rings. The Balaban J connectivity index is 1.86. The zero-order chi connectivity index (χ0) is 22.4. The third-order valence-corrected chi connectivity index (χ3v) is 6.56. The minimum Gasteiger partial charge on any atom is -0.508 e. The topological polar surface area (TPSA) is 46.5 Å². The number of hydrogen-bond acceptors (Lipinski definition) is 3. The number of halogens is 2. The van der Waals surface area contributed by atoms with Crippen molar-refractivity contribution in [2.24, 2.45) is 0 Å². The van der Waals surface area contributed by atoms with E-state index >= 15 is 0 Å². The van der Waals surface area contributed by atoms with Crippen molar-refractivity contribution < 1.29 is 23.4 Å². The molecule has 0 aromatic heterocycles. The maximum absolute atomic E-state index is 13.7. The molecule has 1 saturated carbocycles. The Morgan fingerprint density at radius 1 is 0.968 bits per heavy atom. The van der Waals surface area contributed by atoms with Gasteiger partial charge in [-0.1, -0.05) is 50.5 Å². The van der Waals surface area contributed by atoms with E-state index in [-0.39, 0.29) is 11.5 Å². The SMILES string of the molecule is CCc1cc(-c2ccc(F)c(F)c2)ccc1C1=C(O)C2(CCCCC2)OC(C)(C)C1=O. The van der Waals surface area contributed by atoms with Crippen LogP contribution in [0.4, 0.5) is 8.78 Å². The van der Waals surface area contributed by atoms with Gasteiger partial charge in [0.1, 0.15) is 17.0 Å². The first-order chi connectivity index (χ1) is 14.7. The highest BCUT2D eigenvalue weighted by molar-refractivity contribution is 6.26. The van der Waals surface area contributed by atoms with Crippen LogP contribution < -0.4 is 0 Å². The minimum absolute atomic E-state index is 0.0341. The van der Waals surface area contributed by atoms with Gasteiger partial charge in [0.05, 0.1) is 5.57 Å². The number of aliphatic hydroxyl groups is 1. The van der Waals surface area contributed by atoms with E-state index in [4.69, 9.17) is 4.74 Å². The van der Waals surface area contributed by atoms with Gasteiger partial charge in [0.25, 0.3) is 0 Å². The number of benzene rings is 2. The average Bonchev–Trinajstić information content (AvgIpc) is 2.75. The van der Waals surface area contributed by atoms with Gasteiger partial charge in [-0.25, -0.2) is 8.78 Å². The molecule has 0 bridgehead atoms. The molecule has 1 N–H and O–H groups in total. The van der Waals surface area contributed by atoms with Crippen LogP contribution in [0.25, 0.3) is 16.7 Å². The molecule has 0 unspecified atom stereocenters. The highest BCUT2D eigenvalue weighted by Gasteiger charge is 2.52. The average molecular weight is 427 g/mol. The summed E-state index contributed by atoms with van der Waals surface area (Å²) >= 11 is 0. The molecular weight excluding hydrogens is 398 g/mol. The fourth-order valence-corrected chi connectivity index (χ4v) is 4.92. The Morgan fingerprint density at radius 3 is 2.26 bits per heavy atom. The minimum atomic E-state index is -1.04. The molecular formula is C26H28F2O3. The zero-order valence-corrected chi connectivity index (χ0v) is 18.2. The van der Waals surface area contributed by atoms with Gasteiger partial charge in [-0.15, -0.1) is 0 Å². The summed E-state index contributed by atoms with van der Waals surface area (Å²) in [5.74, 6) is -2.00. The molecule has 164 valence electrons. The van der Waals surface area contributed by atoms with Gasteiger partial charge in [-0.3, -0.25) is 4.79 Å². The third-order valence-electron chi connectivity index (χ3n) is 6.56. The van der Waals surface area contributed by atoms with Crippen molar-refractivity contribution in [2.45, 2.75) is 70.5 Å². The molecule has 0 saturated heterocycles. The predicted octanol–water partition coefficient (Wildman–Crippen LogP) is 6.54. The van der Waals surface area contributed by atoms with E-state index in [0.717, 1.165) is 36.5 Å². The standard InChI is InChI=1S/C26H28F2O3/c1-4-16-14-17(18-9-11-20(27)21(28)15-18)8-10-19(16)22-23(29)25(2,3)31-26(24(22)30)12-6-5-7-13-26/h8-11,14-15,30H,4-7,12-13H2,1-3H3. The number of hydrogen-bond donors (Lipinski definition) is 1. The van der Waals surface area contributed by atoms with Crippen molar-refractivity contribution in [3.63, 3.8) is 0 Å². The van der Waals surface area contributed by atoms with E-state index in [1.807, 2.05) is 13.0 Å². The molecule has 1 heterocycles. The van der Waals surface area contributed by atoms with Crippen molar-refractivity contribution in [3.8, 4) is 11.1 Å². The molecule has 31 heavy (non-hydrogen) atoms. The van der Waals surface area contributed by atoms with Gasteiger partial charge in [-0.05, 0) is 67.5 Å². The second kappa shape index (κ2) is 7.86. The van der Waals surface area contributed by atoms with Gasteiger partial charge in [0.15, 0.2) is 17.4 Å². The van der Waals surface area contributed by atoms with Gasteiger partial charge < -0.3 is 9.84 Å². The maximum Gasteiger partial charge on any atom is 0.198 e. The van der Waals surface area contributed by atoms with Crippen molar-refractivity contribution in [1.29, 1.82) is 0 Å². The molecule has 5 heteroatoms. The van der Waals surface area contributed by atoms with Crippen LogP contribution >= 0.6 is 0 Å². The van der Waals surface area contributed by atoms with Crippen LogP contribution in [0.15, 0.2) is 42.2 Å². The third kappa shape index (κ3) is 3.69. The summed E-state index contributed by atoms with van der Waals surface area (Å²) in [4.78, 5) is 13.4. The lowest BCUT2D eigenvalue weighted by atomic mass is 9.74. The smallest absolute Gasteiger partial charge is 0.198 e. The van der Waals surface area contributed by atoms with Crippen LogP contribution in [0.3, 0.4) is 0 Å². The van der Waals surface area contributed by atoms with E-state index in [1.165, 1.54) is 12.1 Å². The Morgan fingerprint density at radius 2 is 1.61 bits per heavy atom. The van der Waals surface area contributed by atoms with Gasteiger partial charge in [-0.2, -0.15) is 0 Å². The zero-order valence-electron chi connectivity index (χ0n) is 18.2. The molecule has 0 radical (unpaired) electrons. The second-order valence-corrected chi connectivity index (χ2v) is 9.07. The van der Waals surface area contributed by atoms with Crippen molar-refractivity contribution in [1.82, 2.24) is 0 Å². The van der Waals surface area contributed by atoms with Crippen LogP contribution in [-0.2, 0) is 16.0 Å². The molecule has 1 spiro atoms. The summed E-state index contributed by atoms with van der Waals surface area (Å²) in [6, 6.07) is 9.27. The number of rotatable bonds is 3. The van der Waals surface area contributed by atoms with E-state index in [1.54, 1.807) is 26.0 Å². The number of carbonyl (C=O) groups is 1. The monoisotopic (exact) mass is 426 g/mol. The fraction of sp³-hybridized carbons (Fsp3) is 0.423. The quantitative estimate of drug-likeness (QED) is 0.606. The number of carbonyl (C=O) groups excluding carboxylic acids is 1. The molecule has 1 fully saturated rings. The molecule has 3 nitrogen and oxygen atoms in total. The van der Waals surface area contributed by atoms with E-state index in [2.05, 4.69) is 0 Å². The number of ketones is 1. The number of aryl methyl sites for hydroxylation is 1. The van der Waals surface area contributed by atoms with Gasteiger partial charge in [0, 0.05) is 0 Å². The molecule has 1 aliphatic carbocycles. The fourth-order valence-electron chi connectivity index (χ4n) is 4.92. The summed E-state index contributed by atoms with van der Waals surface area (Å²) in [6.07, 6.45) is 4.96. The Bertz CT molecular complexity index is 1060. The summed E-state index contributed by atoms with van der Waals surface area (Å²) in [5.41, 5.74) is 1.29. The lowest BCUT2D eigenvalue weighted by Crippen LogP contribution is -2.53. The molecule has 0 amide bonds. The van der Waals surface area contributed by atoms with Gasteiger partial charge >= 0.3 is 0 Å². The highest BCUT2D eigenvalue weighted by atomic mass is 19.2. The van der Waals surface area contributed by atoms with E-state index < -0.39 is 22.8 Å². The Kier molecular flexibility index (Phi) is 5.50. The largest absolute Gasteiger partial charge is 0.508 e. The van der Waals surface area contributed by atoms with Crippen LogP contribution in [0.5, 0.6) is 0 Å². The van der Waals surface area contributed by atoms with Crippen molar-refractivity contribution in [3.05, 3.63) is 64.9 Å². The molecule has 2 aromatic carbocycles.